The molecule has 2 unspecified atom stereocenters. The van der Waals surface area contributed by atoms with Crippen molar-refractivity contribution in [2.24, 2.45) is 0 Å². The largest absolute Gasteiger partial charge is 0.478 e. The van der Waals surface area contributed by atoms with Crippen LogP contribution in [0.15, 0.2) is 12.1 Å². The first-order chi connectivity index (χ1) is 9.90. The lowest BCUT2D eigenvalue weighted by Crippen LogP contribution is -2.26. The summed E-state index contributed by atoms with van der Waals surface area (Å²) in [4.78, 5) is 15.8. The van der Waals surface area contributed by atoms with Gasteiger partial charge in [0, 0.05) is 12.0 Å². The average Bonchev–Trinajstić information content (AvgIpc) is 2.40. The zero-order valence-electron chi connectivity index (χ0n) is 11.5. The van der Waals surface area contributed by atoms with Gasteiger partial charge >= 0.3 is 5.97 Å². The second-order valence-corrected chi connectivity index (χ2v) is 5.20. The smallest absolute Gasteiger partial charge is 0.336 e. The Bertz CT molecular complexity index is 760. The van der Waals surface area contributed by atoms with Gasteiger partial charge in [0.2, 0.25) is 0 Å². The Labute approximate surface area is 119 Å². The Morgan fingerprint density at radius 2 is 2.00 bits per heavy atom. The maximum Gasteiger partial charge on any atom is 0.336 e. The summed E-state index contributed by atoms with van der Waals surface area (Å²) >= 11 is 0. The van der Waals surface area contributed by atoms with Crippen LogP contribution in [0.1, 0.15) is 41.6 Å². The van der Waals surface area contributed by atoms with Crippen LogP contribution in [0.5, 0.6) is 0 Å². The molecule has 0 aliphatic carbocycles. The van der Waals surface area contributed by atoms with E-state index in [9.17, 15) is 18.7 Å². The van der Waals surface area contributed by atoms with Gasteiger partial charge in [-0.2, -0.15) is 0 Å². The highest BCUT2D eigenvalue weighted by Crippen LogP contribution is 2.36. The van der Waals surface area contributed by atoms with Crippen molar-refractivity contribution in [3.8, 4) is 0 Å². The Morgan fingerprint density at radius 3 is 2.67 bits per heavy atom. The number of aromatic nitrogens is 1. The number of halogens is 2. The van der Waals surface area contributed by atoms with E-state index in [-0.39, 0.29) is 22.6 Å². The molecule has 1 aromatic carbocycles. The Morgan fingerprint density at radius 1 is 1.33 bits per heavy atom. The van der Waals surface area contributed by atoms with Gasteiger partial charge in [-0.05, 0) is 26.0 Å². The number of ether oxygens (including phenoxy) is 1. The molecule has 0 spiro atoms. The zero-order valence-corrected chi connectivity index (χ0v) is 11.5. The van der Waals surface area contributed by atoms with Gasteiger partial charge in [0.05, 0.1) is 28.9 Å². The number of hydrogen-bond acceptors (Lipinski definition) is 3. The monoisotopic (exact) mass is 293 g/mol. The standard InChI is InChI=1S/C15H13F2NO3/c1-6-5-10-11(7(2)21-6)13(15(19)20)12-8(16)3-4-9(17)14(12)18-10/h3-4,6-7H,5H2,1-2H3,(H,19,20). The highest BCUT2D eigenvalue weighted by Gasteiger charge is 2.31. The number of nitrogens with zero attached hydrogens (tertiary/aromatic N) is 1. The summed E-state index contributed by atoms with van der Waals surface area (Å²) in [6.45, 7) is 3.51. The van der Waals surface area contributed by atoms with Gasteiger partial charge in [0.1, 0.15) is 17.2 Å². The summed E-state index contributed by atoms with van der Waals surface area (Å²) in [6.07, 6.45) is -0.323. The molecule has 21 heavy (non-hydrogen) atoms. The molecule has 2 aromatic rings. The number of benzene rings is 1. The number of carboxylic acids is 1. The number of hydrogen-bond donors (Lipinski definition) is 1. The first-order valence-electron chi connectivity index (χ1n) is 6.59. The second kappa shape index (κ2) is 4.73. The summed E-state index contributed by atoms with van der Waals surface area (Å²) in [7, 11) is 0. The summed E-state index contributed by atoms with van der Waals surface area (Å²) in [5.41, 5.74) is 0.284. The third-order valence-corrected chi connectivity index (χ3v) is 3.69. The fraction of sp³-hybridized carbons (Fsp3) is 0.333. The van der Waals surface area contributed by atoms with Gasteiger partial charge in [-0.3, -0.25) is 0 Å². The molecule has 0 radical (unpaired) electrons. The molecule has 1 aliphatic heterocycles. The molecule has 1 N–H and O–H groups in total. The van der Waals surface area contributed by atoms with Crippen LogP contribution in [-0.2, 0) is 11.2 Å². The molecular formula is C15H13F2NO3. The Kier molecular flexibility index (Phi) is 3.13. The van der Waals surface area contributed by atoms with Crippen LogP contribution in [0.4, 0.5) is 8.78 Å². The predicted octanol–water partition coefficient (Wildman–Crippen LogP) is 3.23. The van der Waals surface area contributed by atoms with Crippen LogP contribution in [0.2, 0.25) is 0 Å². The minimum atomic E-state index is -1.31. The zero-order chi connectivity index (χ0) is 15.3. The van der Waals surface area contributed by atoms with Crippen LogP contribution >= 0.6 is 0 Å². The summed E-state index contributed by atoms with van der Waals surface area (Å²) in [5.74, 6) is -2.85. The lowest BCUT2D eigenvalue weighted by Gasteiger charge is -2.29. The van der Waals surface area contributed by atoms with Gasteiger partial charge in [-0.15, -0.1) is 0 Å². The SMILES string of the molecule is CC1Cc2nc3c(F)ccc(F)c3c(C(=O)O)c2C(C)O1. The first kappa shape index (κ1) is 13.9. The minimum absolute atomic E-state index is 0.157. The summed E-state index contributed by atoms with van der Waals surface area (Å²) in [5, 5.41) is 9.17. The van der Waals surface area contributed by atoms with Crippen LogP contribution in [0, 0.1) is 11.6 Å². The van der Waals surface area contributed by atoms with Gasteiger partial charge in [-0.1, -0.05) is 0 Å². The van der Waals surface area contributed by atoms with E-state index in [0.717, 1.165) is 12.1 Å². The quantitative estimate of drug-likeness (QED) is 0.877. The number of aromatic carboxylic acids is 1. The first-order valence-corrected chi connectivity index (χ1v) is 6.59. The van der Waals surface area contributed by atoms with E-state index in [1.165, 1.54) is 0 Å². The van der Waals surface area contributed by atoms with Crippen LogP contribution < -0.4 is 0 Å². The van der Waals surface area contributed by atoms with Crippen LogP contribution in [0.25, 0.3) is 10.9 Å². The molecule has 0 bridgehead atoms. The van der Waals surface area contributed by atoms with E-state index in [1.807, 2.05) is 6.92 Å². The third-order valence-electron chi connectivity index (χ3n) is 3.69. The van der Waals surface area contributed by atoms with E-state index in [0.29, 0.717) is 17.7 Å². The van der Waals surface area contributed by atoms with Crippen molar-refractivity contribution < 1.29 is 23.4 Å². The lowest BCUT2D eigenvalue weighted by molar-refractivity contribution is -0.00663. The molecule has 0 fully saturated rings. The topological polar surface area (TPSA) is 59.4 Å². The molecule has 4 nitrogen and oxygen atoms in total. The molecule has 1 aromatic heterocycles. The number of rotatable bonds is 1. The van der Waals surface area contributed by atoms with Gasteiger partial charge < -0.3 is 9.84 Å². The second-order valence-electron chi connectivity index (χ2n) is 5.20. The van der Waals surface area contributed by atoms with Crippen molar-refractivity contribution in [1.29, 1.82) is 0 Å². The van der Waals surface area contributed by atoms with Crippen LogP contribution in [0.3, 0.4) is 0 Å². The molecule has 110 valence electrons. The van der Waals surface area contributed by atoms with E-state index in [1.54, 1.807) is 6.92 Å². The van der Waals surface area contributed by atoms with Crippen molar-refractivity contribution in [1.82, 2.24) is 4.98 Å². The Balaban J connectivity index is 2.48. The molecule has 3 rings (SSSR count). The van der Waals surface area contributed by atoms with Crippen molar-refractivity contribution in [3.63, 3.8) is 0 Å². The normalized spacial score (nSPS) is 21.3. The molecular weight excluding hydrogens is 280 g/mol. The van der Waals surface area contributed by atoms with Crippen molar-refractivity contribution in [2.45, 2.75) is 32.5 Å². The van der Waals surface area contributed by atoms with Crippen molar-refractivity contribution >= 4 is 16.9 Å². The van der Waals surface area contributed by atoms with Gasteiger partial charge in [-0.25, -0.2) is 18.6 Å². The van der Waals surface area contributed by atoms with Gasteiger partial charge in [0.25, 0.3) is 0 Å². The third kappa shape index (κ3) is 2.06. The van der Waals surface area contributed by atoms with E-state index in [4.69, 9.17) is 4.74 Å². The molecule has 1 aliphatic rings. The number of pyridine rings is 1. The van der Waals surface area contributed by atoms with Crippen LogP contribution in [-0.4, -0.2) is 22.2 Å². The molecule has 0 amide bonds. The fourth-order valence-electron chi connectivity index (χ4n) is 2.91. The average molecular weight is 293 g/mol. The summed E-state index contributed by atoms with van der Waals surface area (Å²) < 4.78 is 33.6. The molecule has 0 saturated carbocycles. The van der Waals surface area contributed by atoms with E-state index in [2.05, 4.69) is 4.98 Å². The molecule has 2 atom stereocenters. The maximum absolute atomic E-state index is 14.0. The molecule has 0 saturated heterocycles. The van der Waals surface area contributed by atoms with Crippen molar-refractivity contribution in [2.75, 3.05) is 0 Å². The number of carboxylic acid groups (broad SMARTS) is 1. The number of carbonyl (C=O) groups is 1. The van der Waals surface area contributed by atoms with E-state index < -0.39 is 23.7 Å². The lowest BCUT2D eigenvalue weighted by atomic mass is 9.92. The molecule has 6 heteroatoms. The Hall–Kier alpha value is -2.08. The van der Waals surface area contributed by atoms with Gasteiger partial charge in [0.15, 0.2) is 0 Å². The molecule has 2 heterocycles. The summed E-state index contributed by atoms with van der Waals surface area (Å²) in [6, 6.07) is 1.87. The minimum Gasteiger partial charge on any atom is -0.478 e. The fourth-order valence-corrected chi connectivity index (χ4v) is 2.91. The number of fused-ring (bicyclic) bond motifs is 2. The van der Waals surface area contributed by atoms with Crippen molar-refractivity contribution in [3.05, 3.63) is 40.6 Å². The highest BCUT2D eigenvalue weighted by atomic mass is 19.1. The predicted molar refractivity (Wildman–Crippen MR) is 71.3 cm³/mol. The highest BCUT2D eigenvalue weighted by molar-refractivity contribution is 6.04. The van der Waals surface area contributed by atoms with E-state index >= 15 is 0 Å². The maximum atomic E-state index is 14.0.